The molecule has 174 valence electrons. The van der Waals surface area contributed by atoms with Gasteiger partial charge in [0.15, 0.2) is 6.10 Å². The van der Waals surface area contributed by atoms with E-state index >= 15 is 0 Å². The Labute approximate surface area is 182 Å². The number of nitrogens with one attached hydrogen (secondary N) is 2. The van der Waals surface area contributed by atoms with Crippen molar-refractivity contribution in [2.45, 2.75) is 30.5 Å². The summed E-state index contributed by atoms with van der Waals surface area (Å²) in [6.07, 6.45) is -6.33. The van der Waals surface area contributed by atoms with Crippen LogP contribution in [0.2, 0.25) is 0 Å². The van der Waals surface area contributed by atoms with Gasteiger partial charge < -0.3 is 14.8 Å². The van der Waals surface area contributed by atoms with E-state index in [9.17, 15) is 31.2 Å². The van der Waals surface area contributed by atoms with Crippen LogP contribution < -0.4 is 14.8 Å². The maximum Gasteiger partial charge on any atom is 0.416 e. The molecular weight excluding hydrogens is 453 g/mol. The maximum atomic E-state index is 12.8. The number of alkyl halides is 3. The zero-order chi connectivity index (χ0) is 23.9. The van der Waals surface area contributed by atoms with Crippen molar-refractivity contribution >= 4 is 27.6 Å². The Morgan fingerprint density at radius 2 is 1.78 bits per heavy atom. The lowest BCUT2D eigenvalue weighted by molar-refractivity contribution is -0.153. The monoisotopic (exact) mass is 474 g/mol. The van der Waals surface area contributed by atoms with Crippen molar-refractivity contribution in [2.24, 2.45) is 0 Å². The van der Waals surface area contributed by atoms with Crippen molar-refractivity contribution in [3.05, 3.63) is 54.1 Å². The third kappa shape index (κ3) is 6.95. The number of benzene rings is 2. The molecule has 0 radical (unpaired) electrons. The van der Waals surface area contributed by atoms with Gasteiger partial charge in [-0.3, -0.25) is 9.59 Å². The lowest BCUT2D eigenvalue weighted by Gasteiger charge is -2.15. The molecule has 2 aromatic carbocycles. The summed E-state index contributed by atoms with van der Waals surface area (Å²) < 4.78 is 74.8. The molecule has 0 fully saturated rings. The highest BCUT2D eigenvalue weighted by molar-refractivity contribution is 7.89. The van der Waals surface area contributed by atoms with Crippen LogP contribution in [0, 0.1) is 0 Å². The average Bonchev–Trinajstić information content (AvgIpc) is 2.73. The SMILES string of the molecule is COc1ccccc1NC(=O)[C@H](C)OC(=O)CCNS(=O)(=O)c1cccc(C(F)(F)F)c1. The van der Waals surface area contributed by atoms with Crippen LogP contribution in [0.5, 0.6) is 5.75 Å². The van der Waals surface area contributed by atoms with Gasteiger partial charge in [0.2, 0.25) is 10.0 Å². The first-order valence-electron chi connectivity index (χ1n) is 9.24. The Morgan fingerprint density at radius 1 is 1.09 bits per heavy atom. The van der Waals surface area contributed by atoms with Crippen LogP contribution >= 0.6 is 0 Å². The second-order valence-corrected chi connectivity index (χ2v) is 8.26. The minimum Gasteiger partial charge on any atom is -0.495 e. The summed E-state index contributed by atoms with van der Waals surface area (Å²) in [5.41, 5.74) is -0.744. The predicted octanol–water partition coefficient (Wildman–Crippen LogP) is 2.95. The summed E-state index contributed by atoms with van der Waals surface area (Å²) in [6.45, 7) is 0.897. The van der Waals surface area contributed by atoms with Gasteiger partial charge in [-0.05, 0) is 37.3 Å². The minimum absolute atomic E-state index is 0.372. The van der Waals surface area contributed by atoms with Crippen molar-refractivity contribution in [2.75, 3.05) is 19.0 Å². The van der Waals surface area contributed by atoms with E-state index in [0.29, 0.717) is 17.5 Å². The standard InChI is InChI=1S/C20H21F3N2O6S/c1-13(19(27)25-16-8-3-4-9-17(16)30-2)31-18(26)10-11-24-32(28,29)15-7-5-6-14(12-15)20(21,22)23/h3-9,12-13,24H,10-11H2,1-2H3,(H,25,27)/t13-/m0/s1. The molecule has 0 bridgehead atoms. The Morgan fingerprint density at radius 3 is 2.44 bits per heavy atom. The van der Waals surface area contributed by atoms with E-state index in [1.54, 1.807) is 24.3 Å². The quantitative estimate of drug-likeness (QED) is 0.541. The Hall–Kier alpha value is -3.12. The van der Waals surface area contributed by atoms with E-state index in [2.05, 4.69) is 5.32 Å². The Kier molecular flexibility index (Phi) is 8.22. The number of ether oxygens (including phenoxy) is 2. The lowest BCUT2D eigenvalue weighted by atomic mass is 10.2. The molecule has 2 rings (SSSR count). The summed E-state index contributed by atoms with van der Waals surface area (Å²) in [4.78, 5) is 23.5. The van der Waals surface area contributed by atoms with E-state index in [1.807, 2.05) is 4.72 Å². The van der Waals surface area contributed by atoms with E-state index in [1.165, 1.54) is 14.0 Å². The van der Waals surface area contributed by atoms with Crippen molar-refractivity contribution < 1.29 is 40.7 Å². The topological polar surface area (TPSA) is 111 Å². The molecule has 8 nitrogen and oxygen atoms in total. The summed E-state index contributed by atoms with van der Waals surface area (Å²) >= 11 is 0. The molecule has 0 aromatic heterocycles. The van der Waals surface area contributed by atoms with Crippen LogP contribution in [0.3, 0.4) is 0 Å². The molecule has 0 saturated carbocycles. The number of sulfonamides is 1. The van der Waals surface area contributed by atoms with Crippen LogP contribution in [0.25, 0.3) is 0 Å². The smallest absolute Gasteiger partial charge is 0.416 e. The number of anilines is 1. The number of hydrogen-bond acceptors (Lipinski definition) is 6. The fraction of sp³-hybridized carbons (Fsp3) is 0.300. The summed E-state index contributed by atoms with van der Waals surface area (Å²) in [6, 6.07) is 9.80. The second kappa shape index (κ2) is 10.5. The molecule has 1 amide bonds. The highest BCUT2D eigenvalue weighted by Gasteiger charge is 2.31. The molecule has 32 heavy (non-hydrogen) atoms. The molecule has 1 atom stereocenters. The van der Waals surface area contributed by atoms with Crippen molar-refractivity contribution in [3.8, 4) is 5.75 Å². The molecule has 0 spiro atoms. The summed E-state index contributed by atoms with van der Waals surface area (Å²) in [5, 5.41) is 2.54. The average molecular weight is 474 g/mol. The first kappa shape index (κ1) is 25.1. The molecule has 2 N–H and O–H groups in total. The Balaban J connectivity index is 1.88. The maximum absolute atomic E-state index is 12.8. The molecule has 0 aliphatic rings. The van der Waals surface area contributed by atoms with E-state index < -0.39 is 57.6 Å². The van der Waals surface area contributed by atoms with Crippen molar-refractivity contribution in [1.82, 2.24) is 4.72 Å². The number of para-hydroxylation sites is 2. The summed E-state index contributed by atoms with van der Waals surface area (Å²) in [5.74, 6) is -1.10. The predicted molar refractivity (Wildman–Crippen MR) is 108 cm³/mol. The molecule has 2 aromatic rings. The minimum atomic E-state index is -4.70. The number of rotatable bonds is 9. The molecule has 0 saturated heterocycles. The molecule has 12 heteroatoms. The van der Waals surface area contributed by atoms with Crippen LogP contribution in [0.1, 0.15) is 18.9 Å². The van der Waals surface area contributed by atoms with Gasteiger partial charge in [0.1, 0.15) is 5.75 Å². The molecular formula is C20H21F3N2O6S. The zero-order valence-corrected chi connectivity index (χ0v) is 17.9. The lowest BCUT2D eigenvalue weighted by Crippen LogP contribution is -2.32. The number of esters is 1. The first-order chi connectivity index (χ1) is 14.9. The van der Waals surface area contributed by atoms with Crippen molar-refractivity contribution in [1.29, 1.82) is 0 Å². The van der Waals surface area contributed by atoms with Crippen LogP contribution in [-0.4, -0.2) is 40.1 Å². The van der Waals surface area contributed by atoms with Gasteiger partial charge in [-0.25, -0.2) is 13.1 Å². The number of hydrogen-bond donors (Lipinski definition) is 2. The number of methoxy groups -OCH3 is 1. The molecule has 0 aliphatic heterocycles. The number of carbonyl (C=O) groups excluding carboxylic acids is 2. The fourth-order valence-corrected chi connectivity index (χ4v) is 3.58. The van der Waals surface area contributed by atoms with Crippen LogP contribution in [0.4, 0.5) is 18.9 Å². The number of halogens is 3. The van der Waals surface area contributed by atoms with E-state index in [4.69, 9.17) is 9.47 Å². The van der Waals surface area contributed by atoms with Gasteiger partial charge >= 0.3 is 12.1 Å². The molecule has 0 heterocycles. The van der Waals surface area contributed by atoms with E-state index in [0.717, 1.165) is 18.2 Å². The molecule has 0 unspecified atom stereocenters. The largest absolute Gasteiger partial charge is 0.495 e. The molecule has 0 aliphatic carbocycles. The summed E-state index contributed by atoms with van der Waals surface area (Å²) in [7, 11) is -2.86. The second-order valence-electron chi connectivity index (χ2n) is 6.49. The van der Waals surface area contributed by atoms with Gasteiger partial charge in [0, 0.05) is 6.54 Å². The Bertz CT molecular complexity index is 1070. The van der Waals surface area contributed by atoms with Gasteiger partial charge in [-0.15, -0.1) is 0 Å². The third-order valence-electron chi connectivity index (χ3n) is 4.14. The highest BCUT2D eigenvalue weighted by Crippen LogP contribution is 2.30. The first-order valence-corrected chi connectivity index (χ1v) is 10.7. The van der Waals surface area contributed by atoms with Gasteiger partial charge in [0.25, 0.3) is 5.91 Å². The number of carbonyl (C=O) groups is 2. The normalized spacial score (nSPS) is 12.7. The van der Waals surface area contributed by atoms with Gasteiger partial charge in [-0.1, -0.05) is 18.2 Å². The highest BCUT2D eigenvalue weighted by atomic mass is 32.2. The van der Waals surface area contributed by atoms with Crippen LogP contribution in [0.15, 0.2) is 53.4 Å². The third-order valence-corrected chi connectivity index (χ3v) is 5.59. The zero-order valence-electron chi connectivity index (χ0n) is 17.1. The number of amides is 1. The van der Waals surface area contributed by atoms with E-state index in [-0.39, 0.29) is 0 Å². The van der Waals surface area contributed by atoms with Gasteiger partial charge in [0.05, 0.1) is 29.7 Å². The fourth-order valence-electron chi connectivity index (χ4n) is 2.50. The van der Waals surface area contributed by atoms with Crippen molar-refractivity contribution in [3.63, 3.8) is 0 Å². The van der Waals surface area contributed by atoms with Crippen LogP contribution in [-0.2, 0) is 30.5 Å². The van der Waals surface area contributed by atoms with Gasteiger partial charge in [-0.2, -0.15) is 13.2 Å².